The van der Waals surface area contributed by atoms with Gasteiger partial charge in [0.05, 0.1) is 22.8 Å². The molecule has 2 atom stereocenters. The minimum absolute atomic E-state index is 0.181. The van der Waals surface area contributed by atoms with Gasteiger partial charge >= 0.3 is 0 Å². The molecule has 0 spiro atoms. The Bertz CT molecular complexity index is 1410. The van der Waals surface area contributed by atoms with Gasteiger partial charge in [0.15, 0.2) is 0 Å². The predicted octanol–water partition coefficient (Wildman–Crippen LogP) is 5.17. The normalized spacial score (nSPS) is 19.6. The minimum atomic E-state index is 0.181. The zero-order chi connectivity index (χ0) is 23.1. The van der Waals surface area contributed by atoms with Crippen molar-refractivity contribution in [2.45, 2.75) is 25.8 Å². The second-order valence-corrected chi connectivity index (χ2v) is 9.59. The van der Waals surface area contributed by atoms with Crippen LogP contribution in [0.5, 0.6) is 0 Å². The van der Waals surface area contributed by atoms with E-state index in [9.17, 15) is 0 Å². The lowest BCUT2D eigenvalue weighted by Crippen LogP contribution is -2.38. The van der Waals surface area contributed by atoms with Gasteiger partial charge in [-0.15, -0.1) is 0 Å². The quantitative estimate of drug-likeness (QED) is 0.440. The highest BCUT2D eigenvalue weighted by Crippen LogP contribution is 2.34. The fourth-order valence-electron chi connectivity index (χ4n) is 5.34. The topological polar surface area (TPSA) is 67.1 Å². The second-order valence-electron chi connectivity index (χ2n) is 9.59. The zero-order valence-corrected chi connectivity index (χ0v) is 19.7. The first-order chi connectivity index (χ1) is 16.7. The Morgan fingerprint density at radius 3 is 2.74 bits per heavy atom. The molecule has 2 aliphatic heterocycles. The highest BCUT2D eigenvalue weighted by molar-refractivity contribution is 5.97. The summed E-state index contributed by atoms with van der Waals surface area (Å²) in [5.41, 5.74) is 7.49. The van der Waals surface area contributed by atoms with Gasteiger partial charge in [-0.25, -0.2) is 0 Å². The molecule has 0 radical (unpaired) electrons. The standard InChI is InChI=1S/C28H30N6/c1-18-13-24(32-17-18)27(20-5-8-29-9-6-20)33-22-15-23(28-25(16-22)30-10-11-31-28)21-4-3-19-7-12-34(2)26(19)14-21/h3-4,7,10-18,20,27,29,33H,5-6,8-9H2,1-2H3. The summed E-state index contributed by atoms with van der Waals surface area (Å²) in [6, 6.07) is 13.3. The highest BCUT2D eigenvalue weighted by Gasteiger charge is 2.28. The molecular weight excluding hydrogens is 420 g/mol. The Kier molecular flexibility index (Phi) is 5.38. The van der Waals surface area contributed by atoms with Gasteiger partial charge in [0.2, 0.25) is 0 Å². The summed E-state index contributed by atoms with van der Waals surface area (Å²) in [5, 5.41) is 8.61. The van der Waals surface area contributed by atoms with Crippen molar-refractivity contribution < 1.29 is 0 Å². The molecule has 2 aromatic carbocycles. The number of rotatable bonds is 5. The van der Waals surface area contributed by atoms with E-state index in [1.165, 1.54) is 10.9 Å². The Balaban J connectivity index is 1.44. The average Bonchev–Trinajstić information content (AvgIpc) is 3.47. The van der Waals surface area contributed by atoms with Crippen LogP contribution in [0.4, 0.5) is 5.69 Å². The average molecular weight is 451 g/mol. The number of hydrogen-bond donors (Lipinski definition) is 2. The van der Waals surface area contributed by atoms with E-state index in [4.69, 9.17) is 9.98 Å². The van der Waals surface area contributed by atoms with Crippen molar-refractivity contribution in [3.63, 3.8) is 0 Å². The van der Waals surface area contributed by atoms with Crippen molar-refractivity contribution in [1.29, 1.82) is 0 Å². The third kappa shape index (κ3) is 3.88. The number of aromatic nitrogens is 3. The lowest BCUT2D eigenvalue weighted by molar-refractivity contribution is 0.350. The number of allylic oxidation sites excluding steroid dienone is 1. The Labute approximate surface area is 199 Å². The number of nitrogens with one attached hydrogen (secondary N) is 2. The molecule has 0 saturated carbocycles. The maximum atomic E-state index is 4.79. The molecule has 6 nitrogen and oxygen atoms in total. The molecule has 1 saturated heterocycles. The molecule has 34 heavy (non-hydrogen) atoms. The van der Waals surface area contributed by atoms with E-state index in [1.807, 2.05) is 0 Å². The largest absolute Gasteiger partial charge is 0.376 e. The van der Waals surface area contributed by atoms with E-state index < -0.39 is 0 Å². The third-order valence-electron chi connectivity index (χ3n) is 7.16. The van der Waals surface area contributed by atoms with Crippen LogP contribution in [-0.4, -0.2) is 39.9 Å². The molecule has 0 aliphatic carbocycles. The summed E-state index contributed by atoms with van der Waals surface area (Å²) in [4.78, 5) is 14.2. The molecule has 2 aliphatic rings. The van der Waals surface area contributed by atoms with Gasteiger partial charge in [-0.1, -0.05) is 25.1 Å². The zero-order valence-electron chi connectivity index (χ0n) is 19.7. The van der Waals surface area contributed by atoms with Gasteiger partial charge in [-0.05, 0) is 67.1 Å². The fourth-order valence-corrected chi connectivity index (χ4v) is 5.34. The van der Waals surface area contributed by atoms with Crippen molar-refractivity contribution in [1.82, 2.24) is 19.9 Å². The summed E-state index contributed by atoms with van der Waals surface area (Å²) in [6.45, 7) is 4.31. The van der Waals surface area contributed by atoms with Crippen LogP contribution in [-0.2, 0) is 7.05 Å². The van der Waals surface area contributed by atoms with E-state index in [1.54, 1.807) is 12.4 Å². The number of anilines is 1. The lowest BCUT2D eigenvalue weighted by Gasteiger charge is -2.32. The molecule has 2 N–H and O–H groups in total. The molecule has 0 amide bonds. The molecule has 6 heteroatoms. The van der Waals surface area contributed by atoms with E-state index in [-0.39, 0.29) is 6.04 Å². The van der Waals surface area contributed by atoms with E-state index in [0.717, 1.165) is 59.5 Å². The van der Waals surface area contributed by atoms with Crippen molar-refractivity contribution in [2.24, 2.45) is 23.9 Å². The smallest absolute Gasteiger partial charge is 0.0966 e. The third-order valence-corrected chi connectivity index (χ3v) is 7.16. The Morgan fingerprint density at radius 2 is 1.91 bits per heavy atom. The second kappa shape index (κ2) is 8.69. The number of benzene rings is 2. The number of fused-ring (bicyclic) bond motifs is 2. The maximum Gasteiger partial charge on any atom is 0.0966 e. The molecule has 4 aromatic rings. The maximum absolute atomic E-state index is 4.79. The number of aliphatic imine (C=N–C) groups is 1. The van der Waals surface area contributed by atoms with Crippen LogP contribution in [0.25, 0.3) is 33.1 Å². The van der Waals surface area contributed by atoms with Gasteiger partial charge in [0.1, 0.15) is 0 Å². The summed E-state index contributed by atoms with van der Waals surface area (Å²) in [7, 11) is 2.09. The number of hydrogen-bond acceptors (Lipinski definition) is 5. The molecule has 2 aromatic heterocycles. The van der Waals surface area contributed by atoms with Crippen LogP contribution >= 0.6 is 0 Å². The van der Waals surface area contributed by atoms with E-state index in [2.05, 4.69) is 89.0 Å². The number of piperidine rings is 1. The Hall–Kier alpha value is -3.51. The van der Waals surface area contributed by atoms with Gasteiger partial charge in [0, 0.05) is 54.5 Å². The first kappa shape index (κ1) is 21.1. The fraction of sp³-hybridized carbons (Fsp3) is 0.321. The minimum Gasteiger partial charge on any atom is -0.376 e. The summed E-state index contributed by atoms with van der Waals surface area (Å²) < 4.78 is 2.16. The molecule has 6 rings (SSSR count). The summed E-state index contributed by atoms with van der Waals surface area (Å²) in [6.07, 6.45) is 12.3. The molecule has 4 heterocycles. The predicted molar refractivity (Wildman–Crippen MR) is 140 cm³/mol. The van der Waals surface area contributed by atoms with Crippen LogP contribution in [0.1, 0.15) is 19.8 Å². The molecule has 2 unspecified atom stereocenters. The van der Waals surface area contributed by atoms with Crippen molar-refractivity contribution in [3.8, 4) is 11.1 Å². The molecule has 0 bridgehead atoms. The van der Waals surface area contributed by atoms with Gasteiger partial charge < -0.3 is 15.2 Å². The SMILES string of the molecule is CC1C=NC(C(Nc2cc(-c3ccc4ccn(C)c4c3)c3nccnc3c2)C2CCNCC2)=C1. The number of aryl methyl sites for hydroxylation is 1. The van der Waals surface area contributed by atoms with E-state index in [0.29, 0.717) is 11.8 Å². The molecular formula is C28H30N6. The molecule has 172 valence electrons. The monoisotopic (exact) mass is 450 g/mol. The first-order valence-electron chi connectivity index (χ1n) is 12.2. The first-order valence-corrected chi connectivity index (χ1v) is 12.2. The van der Waals surface area contributed by atoms with E-state index >= 15 is 0 Å². The van der Waals surface area contributed by atoms with Crippen LogP contribution in [0.15, 0.2) is 71.8 Å². The molecule has 1 fully saturated rings. The van der Waals surface area contributed by atoms with Crippen molar-refractivity contribution in [3.05, 3.63) is 66.8 Å². The van der Waals surface area contributed by atoms with Crippen LogP contribution < -0.4 is 10.6 Å². The van der Waals surface area contributed by atoms with Crippen molar-refractivity contribution in [2.75, 3.05) is 18.4 Å². The highest BCUT2D eigenvalue weighted by atomic mass is 15.0. The van der Waals surface area contributed by atoms with Crippen molar-refractivity contribution >= 4 is 33.8 Å². The summed E-state index contributed by atoms with van der Waals surface area (Å²) >= 11 is 0. The van der Waals surface area contributed by atoms with Crippen LogP contribution in [0, 0.1) is 11.8 Å². The van der Waals surface area contributed by atoms with Gasteiger partial charge in [0.25, 0.3) is 0 Å². The van der Waals surface area contributed by atoms with Crippen LogP contribution in [0.3, 0.4) is 0 Å². The summed E-state index contributed by atoms with van der Waals surface area (Å²) in [5.74, 6) is 0.923. The number of nitrogens with zero attached hydrogens (tertiary/aromatic N) is 4. The van der Waals surface area contributed by atoms with Crippen LogP contribution in [0.2, 0.25) is 0 Å². The van der Waals surface area contributed by atoms with Gasteiger partial charge in [-0.3, -0.25) is 15.0 Å². The Morgan fingerprint density at radius 1 is 1.06 bits per heavy atom. The van der Waals surface area contributed by atoms with Gasteiger partial charge in [-0.2, -0.15) is 0 Å². The lowest BCUT2D eigenvalue weighted by atomic mass is 9.87.